The second-order valence-corrected chi connectivity index (χ2v) is 11.0. The Hall–Kier alpha value is -2.60. The van der Waals surface area contributed by atoms with Crippen LogP contribution in [0.4, 0.5) is 0 Å². The van der Waals surface area contributed by atoms with Gasteiger partial charge in [0.15, 0.2) is 0 Å². The molecule has 6 heteroatoms. The lowest BCUT2D eigenvalue weighted by molar-refractivity contribution is 0.00128. The van der Waals surface area contributed by atoms with Gasteiger partial charge in [0.25, 0.3) is 5.91 Å². The Balaban J connectivity index is 1.21. The van der Waals surface area contributed by atoms with Crippen LogP contribution < -0.4 is 4.74 Å². The molecule has 34 heavy (non-hydrogen) atoms. The highest BCUT2D eigenvalue weighted by Gasteiger charge is 2.47. The molecule has 2 unspecified atom stereocenters. The Bertz CT molecular complexity index is 1170. The summed E-state index contributed by atoms with van der Waals surface area (Å²) < 4.78 is 5.41. The lowest BCUT2D eigenvalue weighted by Gasteiger charge is -2.54. The second kappa shape index (κ2) is 7.98. The highest BCUT2D eigenvalue weighted by molar-refractivity contribution is 5.96. The molecule has 2 bridgehead atoms. The monoisotopic (exact) mass is 458 g/mol. The fourth-order valence-corrected chi connectivity index (χ4v) is 7.75. The minimum atomic E-state index is 0.153. The van der Waals surface area contributed by atoms with Crippen LogP contribution in [0.2, 0.25) is 0 Å². The van der Waals surface area contributed by atoms with E-state index in [1.165, 1.54) is 43.4 Å². The van der Waals surface area contributed by atoms with Crippen LogP contribution in [0.1, 0.15) is 60.1 Å². The van der Waals surface area contributed by atoms with Crippen molar-refractivity contribution in [3.05, 3.63) is 46.7 Å². The summed E-state index contributed by atoms with van der Waals surface area (Å²) in [5.41, 5.74) is 6.66. The lowest BCUT2D eigenvalue weighted by Crippen LogP contribution is -2.60. The Morgan fingerprint density at radius 1 is 1.15 bits per heavy atom. The Morgan fingerprint density at radius 2 is 2.09 bits per heavy atom. The smallest absolute Gasteiger partial charge is 0.272 e. The van der Waals surface area contributed by atoms with Gasteiger partial charge >= 0.3 is 0 Å². The van der Waals surface area contributed by atoms with Crippen molar-refractivity contribution in [1.82, 2.24) is 20.0 Å². The molecule has 1 N–H and O–H groups in total. The van der Waals surface area contributed by atoms with E-state index in [0.29, 0.717) is 17.5 Å². The summed E-state index contributed by atoms with van der Waals surface area (Å²) in [4.78, 5) is 19.0. The van der Waals surface area contributed by atoms with Crippen molar-refractivity contribution in [2.45, 2.75) is 63.5 Å². The zero-order valence-electron chi connectivity index (χ0n) is 20.1. The molecule has 1 aromatic carbocycles. The number of hydrogen-bond acceptors (Lipinski definition) is 4. The Kier molecular flexibility index (Phi) is 4.87. The first-order chi connectivity index (χ1) is 16.7. The number of ether oxygens (including phenoxy) is 1. The zero-order valence-corrected chi connectivity index (χ0v) is 20.1. The second-order valence-electron chi connectivity index (χ2n) is 11.0. The van der Waals surface area contributed by atoms with Gasteiger partial charge in [-0.1, -0.05) is 18.1 Å². The van der Waals surface area contributed by atoms with E-state index in [1.54, 1.807) is 7.11 Å². The van der Waals surface area contributed by atoms with Gasteiger partial charge in [-0.3, -0.25) is 14.8 Å². The van der Waals surface area contributed by atoms with Gasteiger partial charge in [0.05, 0.1) is 18.8 Å². The average molecular weight is 459 g/mol. The molecule has 0 saturated carbocycles. The molecule has 2 aromatic rings. The molecular formula is C28H34N4O2. The van der Waals surface area contributed by atoms with E-state index in [-0.39, 0.29) is 11.9 Å². The van der Waals surface area contributed by atoms with Crippen molar-refractivity contribution in [3.63, 3.8) is 0 Å². The Labute approximate surface area is 201 Å². The van der Waals surface area contributed by atoms with Gasteiger partial charge in [-0.2, -0.15) is 5.10 Å². The van der Waals surface area contributed by atoms with Crippen LogP contribution in [-0.2, 0) is 12.8 Å². The summed E-state index contributed by atoms with van der Waals surface area (Å²) in [5.74, 6) is 2.28. The first kappa shape index (κ1) is 20.7. The number of carbonyl (C=O) groups is 1. The number of piperidine rings is 3. The predicted octanol–water partition coefficient (Wildman–Crippen LogP) is 4.22. The predicted molar refractivity (Wildman–Crippen MR) is 131 cm³/mol. The van der Waals surface area contributed by atoms with E-state index in [2.05, 4.69) is 38.2 Å². The summed E-state index contributed by atoms with van der Waals surface area (Å²) in [6.45, 7) is 3.25. The number of likely N-dealkylation sites (tertiary alicyclic amines) is 1. The molecule has 178 valence electrons. The number of nitrogens with one attached hydrogen (secondary N) is 1. The molecule has 4 atom stereocenters. The summed E-state index contributed by atoms with van der Waals surface area (Å²) in [6.07, 6.45) is 11.9. The number of benzene rings is 1. The largest absolute Gasteiger partial charge is 0.497 e. The third-order valence-electron chi connectivity index (χ3n) is 9.21. The quantitative estimate of drug-likeness (QED) is 0.685. The minimum absolute atomic E-state index is 0.153. The van der Waals surface area contributed by atoms with Crippen LogP contribution in [-0.4, -0.2) is 64.7 Å². The maximum absolute atomic E-state index is 14.0. The molecule has 2 aliphatic carbocycles. The number of carbonyl (C=O) groups excluding carboxylic acids is 1. The van der Waals surface area contributed by atoms with E-state index in [1.807, 2.05) is 6.07 Å². The van der Waals surface area contributed by atoms with E-state index < -0.39 is 0 Å². The van der Waals surface area contributed by atoms with Crippen LogP contribution >= 0.6 is 0 Å². The number of fused-ring (bicyclic) bond motifs is 9. The summed E-state index contributed by atoms with van der Waals surface area (Å²) in [6, 6.07) is 7.18. The topological polar surface area (TPSA) is 61.5 Å². The molecule has 0 spiro atoms. The molecular weight excluding hydrogens is 424 g/mol. The average Bonchev–Trinajstić information content (AvgIpc) is 3.32. The van der Waals surface area contributed by atoms with Crippen LogP contribution in [0, 0.1) is 11.8 Å². The zero-order chi connectivity index (χ0) is 22.8. The molecule has 1 amide bonds. The van der Waals surface area contributed by atoms with Crippen LogP contribution in [0.5, 0.6) is 5.75 Å². The number of aromatic nitrogens is 2. The number of methoxy groups -OCH3 is 1. The number of nitrogens with zero attached hydrogens (tertiary/aromatic N) is 3. The molecule has 4 heterocycles. The number of rotatable bonds is 2. The molecule has 7 rings (SSSR count). The highest BCUT2D eigenvalue weighted by atomic mass is 16.5. The number of aryl methyl sites for hydroxylation is 1. The van der Waals surface area contributed by atoms with Gasteiger partial charge in [-0.25, -0.2) is 0 Å². The molecule has 3 fully saturated rings. The van der Waals surface area contributed by atoms with Crippen molar-refractivity contribution in [2.24, 2.45) is 11.8 Å². The normalized spacial score (nSPS) is 29.9. The standard InChI is InChI=1S/C28H34N4O2/c1-34-21-8-10-22-17(15-21)7-9-23-25(22)29-30-26(23)28(33)32-12-4-5-18-13-19-14-20(27(18)32)16-31-11-3-2-6-24(19)31/h8,10,13,15,19-20,24,27H,2-7,9,11-12,14,16H2,1H3,(H,29,30)/t19?,20?,24-,27-/m1/s1. The summed E-state index contributed by atoms with van der Waals surface area (Å²) >= 11 is 0. The van der Waals surface area contributed by atoms with E-state index >= 15 is 0 Å². The van der Waals surface area contributed by atoms with Crippen molar-refractivity contribution in [2.75, 3.05) is 26.7 Å². The molecule has 3 aliphatic heterocycles. The fraction of sp³-hybridized carbons (Fsp3) is 0.571. The van der Waals surface area contributed by atoms with Gasteiger partial charge in [0.2, 0.25) is 0 Å². The summed E-state index contributed by atoms with van der Waals surface area (Å²) in [5, 5.41) is 7.83. The van der Waals surface area contributed by atoms with Gasteiger partial charge < -0.3 is 9.64 Å². The third-order valence-corrected chi connectivity index (χ3v) is 9.21. The molecule has 1 aromatic heterocycles. The highest BCUT2D eigenvalue weighted by Crippen LogP contribution is 2.45. The van der Waals surface area contributed by atoms with Crippen molar-refractivity contribution in [3.8, 4) is 17.0 Å². The maximum atomic E-state index is 14.0. The van der Waals surface area contributed by atoms with Crippen molar-refractivity contribution in [1.29, 1.82) is 0 Å². The Morgan fingerprint density at radius 3 is 3.00 bits per heavy atom. The fourth-order valence-electron chi connectivity index (χ4n) is 7.75. The number of aromatic amines is 1. The number of hydrogen-bond donors (Lipinski definition) is 1. The number of H-pyrrole nitrogens is 1. The van der Waals surface area contributed by atoms with Gasteiger partial charge in [-0.15, -0.1) is 0 Å². The lowest BCUT2D eigenvalue weighted by atomic mass is 9.68. The van der Waals surface area contributed by atoms with Crippen molar-refractivity contribution >= 4 is 5.91 Å². The number of amides is 1. The van der Waals surface area contributed by atoms with E-state index in [4.69, 9.17) is 4.74 Å². The first-order valence-electron chi connectivity index (χ1n) is 13.2. The SMILES string of the molecule is COc1ccc2c(c1)CCc1c-2n[nH]c1C(=O)N1CCCC2=CC3CC(CN4CCCC[C@H]34)[C@@H]21. The van der Waals surface area contributed by atoms with Crippen LogP contribution in [0.25, 0.3) is 11.3 Å². The third kappa shape index (κ3) is 3.10. The van der Waals surface area contributed by atoms with Gasteiger partial charge in [-0.05, 0) is 87.1 Å². The van der Waals surface area contributed by atoms with Crippen LogP contribution in [0.3, 0.4) is 0 Å². The van der Waals surface area contributed by atoms with Crippen molar-refractivity contribution < 1.29 is 9.53 Å². The molecule has 5 aliphatic rings. The van der Waals surface area contributed by atoms with E-state index in [0.717, 1.165) is 67.4 Å². The minimum Gasteiger partial charge on any atom is -0.497 e. The van der Waals surface area contributed by atoms with E-state index in [9.17, 15) is 4.79 Å². The maximum Gasteiger partial charge on any atom is 0.272 e. The van der Waals surface area contributed by atoms with Gasteiger partial charge in [0, 0.05) is 30.3 Å². The molecule has 0 radical (unpaired) electrons. The summed E-state index contributed by atoms with van der Waals surface area (Å²) in [7, 11) is 1.70. The molecule has 6 nitrogen and oxygen atoms in total. The first-order valence-corrected chi connectivity index (χ1v) is 13.2. The van der Waals surface area contributed by atoms with Gasteiger partial charge in [0.1, 0.15) is 11.4 Å². The van der Waals surface area contributed by atoms with Crippen LogP contribution in [0.15, 0.2) is 29.8 Å². The molecule has 3 saturated heterocycles.